The number of nitrogens with one attached hydrogen (secondary N) is 1. The maximum atomic E-state index is 12.1. The first-order valence-electron chi connectivity index (χ1n) is 6.46. The molecule has 2 heterocycles. The highest BCUT2D eigenvalue weighted by Crippen LogP contribution is 2.26. The van der Waals surface area contributed by atoms with E-state index in [-0.39, 0.29) is 17.6 Å². The maximum absolute atomic E-state index is 12.1. The average Bonchev–Trinajstić information content (AvgIpc) is 2.27. The molecular weight excluding hydrogens is 244 g/mol. The fourth-order valence-electron chi connectivity index (χ4n) is 2.26. The summed E-state index contributed by atoms with van der Waals surface area (Å²) in [6, 6.07) is 3.27. The Morgan fingerprint density at radius 1 is 1.42 bits per heavy atom. The van der Waals surface area contributed by atoms with Gasteiger partial charge in [-0.3, -0.25) is 4.79 Å². The molecule has 1 amide bonds. The Bertz CT molecular complexity index is 542. The van der Waals surface area contributed by atoms with Crippen LogP contribution >= 0.6 is 0 Å². The molecule has 1 aliphatic heterocycles. The molecule has 5 heteroatoms. The van der Waals surface area contributed by atoms with Gasteiger partial charge in [-0.2, -0.15) is 0 Å². The van der Waals surface area contributed by atoms with Crippen molar-refractivity contribution in [1.82, 2.24) is 9.88 Å². The molecule has 0 saturated heterocycles. The number of pyridine rings is 1. The minimum Gasteiger partial charge on any atom is -0.444 e. The van der Waals surface area contributed by atoms with Crippen LogP contribution in [-0.4, -0.2) is 28.1 Å². The number of nitrogens with zero attached hydrogens (tertiary/aromatic N) is 1. The zero-order chi connectivity index (χ0) is 14.2. The predicted molar refractivity (Wildman–Crippen MR) is 72.1 cm³/mol. The van der Waals surface area contributed by atoms with Crippen molar-refractivity contribution in [2.75, 3.05) is 6.54 Å². The Balaban J connectivity index is 2.19. The summed E-state index contributed by atoms with van der Waals surface area (Å²) >= 11 is 0. The van der Waals surface area contributed by atoms with Crippen LogP contribution < -0.4 is 5.56 Å². The van der Waals surface area contributed by atoms with Crippen molar-refractivity contribution in [2.45, 2.75) is 45.8 Å². The average molecular weight is 264 g/mol. The number of aromatic nitrogens is 1. The number of hydrogen-bond donors (Lipinski definition) is 1. The molecule has 1 aliphatic rings. The number of ether oxygens (including phenoxy) is 1. The van der Waals surface area contributed by atoms with Crippen molar-refractivity contribution in [3.05, 3.63) is 33.7 Å². The van der Waals surface area contributed by atoms with Crippen LogP contribution in [-0.2, 0) is 11.3 Å². The fraction of sp³-hybridized carbons (Fsp3) is 0.571. The van der Waals surface area contributed by atoms with Gasteiger partial charge in [-0.1, -0.05) is 13.0 Å². The van der Waals surface area contributed by atoms with Gasteiger partial charge in [0.05, 0.1) is 6.54 Å². The van der Waals surface area contributed by atoms with Gasteiger partial charge in [0.2, 0.25) is 5.56 Å². The molecular formula is C14H20N2O3. The molecule has 1 atom stereocenters. The summed E-state index contributed by atoms with van der Waals surface area (Å²) in [6.07, 6.45) is -0.309. The lowest BCUT2D eigenvalue weighted by atomic mass is 9.97. The van der Waals surface area contributed by atoms with E-state index in [2.05, 4.69) is 4.98 Å². The molecule has 1 aromatic heterocycles. The Morgan fingerprint density at radius 2 is 2.11 bits per heavy atom. The molecule has 1 unspecified atom stereocenters. The van der Waals surface area contributed by atoms with Crippen LogP contribution in [0.2, 0.25) is 0 Å². The van der Waals surface area contributed by atoms with Crippen LogP contribution in [0.1, 0.15) is 44.9 Å². The molecule has 0 bridgehead atoms. The Morgan fingerprint density at radius 3 is 2.74 bits per heavy atom. The van der Waals surface area contributed by atoms with E-state index in [9.17, 15) is 9.59 Å². The van der Waals surface area contributed by atoms with Crippen molar-refractivity contribution in [3.63, 3.8) is 0 Å². The first-order chi connectivity index (χ1) is 8.76. The largest absolute Gasteiger partial charge is 0.444 e. The van der Waals surface area contributed by atoms with E-state index < -0.39 is 5.60 Å². The summed E-state index contributed by atoms with van der Waals surface area (Å²) in [4.78, 5) is 27.9. The van der Waals surface area contributed by atoms with Crippen LogP contribution in [0.15, 0.2) is 16.9 Å². The molecule has 104 valence electrons. The maximum Gasteiger partial charge on any atom is 0.410 e. The summed E-state index contributed by atoms with van der Waals surface area (Å²) in [7, 11) is 0. The predicted octanol–water partition coefficient (Wildman–Crippen LogP) is 2.23. The van der Waals surface area contributed by atoms with E-state index in [1.807, 2.05) is 27.7 Å². The van der Waals surface area contributed by atoms with E-state index >= 15 is 0 Å². The third-order valence-electron chi connectivity index (χ3n) is 3.04. The molecule has 2 rings (SSSR count). The number of amides is 1. The lowest BCUT2D eigenvalue weighted by Gasteiger charge is -2.33. The second kappa shape index (κ2) is 4.72. The summed E-state index contributed by atoms with van der Waals surface area (Å²) in [6.45, 7) is 8.58. The van der Waals surface area contributed by atoms with Crippen LogP contribution in [0.5, 0.6) is 0 Å². The van der Waals surface area contributed by atoms with Gasteiger partial charge in [0, 0.05) is 24.2 Å². The molecule has 19 heavy (non-hydrogen) atoms. The van der Waals surface area contributed by atoms with Crippen molar-refractivity contribution < 1.29 is 9.53 Å². The van der Waals surface area contributed by atoms with Gasteiger partial charge < -0.3 is 14.6 Å². The van der Waals surface area contributed by atoms with Crippen LogP contribution in [0.3, 0.4) is 0 Å². The highest BCUT2D eigenvalue weighted by atomic mass is 16.6. The lowest BCUT2D eigenvalue weighted by Crippen LogP contribution is -2.41. The van der Waals surface area contributed by atoms with E-state index in [1.165, 1.54) is 6.07 Å². The van der Waals surface area contributed by atoms with Gasteiger partial charge in [0.1, 0.15) is 5.60 Å². The van der Waals surface area contributed by atoms with E-state index in [4.69, 9.17) is 4.74 Å². The second-order valence-corrected chi connectivity index (χ2v) is 6.02. The lowest BCUT2D eigenvalue weighted by molar-refractivity contribution is 0.0207. The zero-order valence-corrected chi connectivity index (χ0v) is 11.8. The minimum absolute atomic E-state index is 0.101. The number of fused-ring (bicyclic) bond motifs is 1. The smallest absolute Gasteiger partial charge is 0.410 e. The summed E-state index contributed by atoms with van der Waals surface area (Å²) in [5, 5.41) is 0. The molecule has 0 radical (unpaired) electrons. The second-order valence-electron chi connectivity index (χ2n) is 6.02. The molecule has 0 fully saturated rings. The van der Waals surface area contributed by atoms with E-state index in [1.54, 1.807) is 11.0 Å². The first-order valence-corrected chi connectivity index (χ1v) is 6.46. The monoisotopic (exact) mass is 264 g/mol. The standard InChI is InChI=1S/C14H20N2O3/c1-9-7-16(13(18)19-14(2,3)4)8-10-5-6-11(17)15-12(9)10/h5-6,9H,7-8H2,1-4H3,(H,15,17). The van der Waals surface area contributed by atoms with Gasteiger partial charge in [-0.05, 0) is 26.3 Å². The summed E-state index contributed by atoms with van der Waals surface area (Å²) in [5.74, 6) is 0.102. The van der Waals surface area contributed by atoms with Crippen LogP contribution in [0.25, 0.3) is 0 Å². The molecule has 1 aromatic rings. The summed E-state index contributed by atoms with van der Waals surface area (Å²) in [5.41, 5.74) is 1.30. The van der Waals surface area contributed by atoms with Crippen molar-refractivity contribution in [1.29, 1.82) is 0 Å². The summed E-state index contributed by atoms with van der Waals surface area (Å²) < 4.78 is 5.38. The molecule has 0 saturated carbocycles. The van der Waals surface area contributed by atoms with E-state index in [0.29, 0.717) is 13.1 Å². The molecule has 0 aromatic carbocycles. The normalized spacial score (nSPS) is 18.9. The van der Waals surface area contributed by atoms with Gasteiger partial charge in [-0.25, -0.2) is 4.79 Å². The molecule has 0 spiro atoms. The number of rotatable bonds is 0. The highest BCUT2D eigenvalue weighted by molar-refractivity contribution is 5.68. The fourth-order valence-corrected chi connectivity index (χ4v) is 2.26. The van der Waals surface area contributed by atoms with Gasteiger partial charge in [0.15, 0.2) is 0 Å². The van der Waals surface area contributed by atoms with Crippen molar-refractivity contribution in [3.8, 4) is 0 Å². The minimum atomic E-state index is -0.494. The van der Waals surface area contributed by atoms with Gasteiger partial charge >= 0.3 is 6.09 Å². The van der Waals surface area contributed by atoms with Crippen LogP contribution in [0.4, 0.5) is 4.79 Å². The van der Waals surface area contributed by atoms with Crippen molar-refractivity contribution >= 4 is 6.09 Å². The SMILES string of the molecule is CC1CN(C(=O)OC(C)(C)C)Cc2ccc(=O)[nH]c21. The van der Waals surface area contributed by atoms with Crippen molar-refractivity contribution in [2.24, 2.45) is 0 Å². The number of carbonyl (C=O) groups is 1. The quantitative estimate of drug-likeness (QED) is 0.781. The number of hydrogen-bond acceptors (Lipinski definition) is 3. The van der Waals surface area contributed by atoms with Gasteiger partial charge in [0.25, 0.3) is 0 Å². The first kappa shape index (κ1) is 13.6. The topological polar surface area (TPSA) is 62.4 Å². The zero-order valence-electron chi connectivity index (χ0n) is 11.8. The molecule has 1 N–H and O–H groups in total. The number of H-pyrrole nitrogens is 1. The molecule has 0 aliphatic carbocycles. The highest BCUT2D eigenvalue weighted by Gasteiger charge is 2.29. The Hall–Kier alpha value is -1.78. The Labute approximate surface area is 112 Å². The number of carbonyl (C=O) groups excluding carboxylic acids is 1. The van der Waals surface area contributed by atoms with Crippen LogP contribution in [0, 0.1) is 0 Å². The van der Waals surface area contributed by atoms with Gasteiger partial charge in [-0.15, -0.1) is 0 Å². The van der Waals surface area contributed by atoms with E-state index in [0.717, 1.165) is 11.3 Å². The Kier molecular flexibility index (Phi) is 3.39. The molecule has 5 nitrogen and oxygen atoms in total. The third-order valence-corrected chi connectivity index (χ3v) is 3.04. The third kappa shape index (κ3) is 3.16. The number of aromatic amines is 1.